The van der Waals surface area contributed by atoms with Gasteiger partial charge in [0.2, 0.25) is 5.91 Å². The van der Waals surface area contributed by atoms with Crippen molar-refractivity contribution in [2.75, 3.05) is 13.1 Å². The largest absolute Gasteiger partial charge is 0.339 e. The van der Waals surface area contributed by atoms with E-state index in [9.17, 15) is 4.79 Å². The Morgan fingerprint density at radius 2 is 1.65 bits per heavy atom. The SMILES string of the molecule is NCCCCCCC(=O)N(CC1CCCCC1)C1CC1. The van der Waals surface area contributed by atoms with Crippen LogP contribution < -0.4 is 5.73 Å². The molecule has 0 saturated heterocycles. The maximum atomic E-state index is 12.4. The third-order valence-corrected chi connectivity index (χ3v) is 4.83. The van der Waals surface area contributed by atoms with Crippen LogP contribution in [-0.2, 0) is 4.79 Å². The van der Waals surface area contributed by atoms with Crippen LogP contribution in [0, 0.1) is 5.92 Å². The second-order valence-electron chi connectivity index (χ2n) is 6.73. The van der Waals surface area contributed by atoms with E-state index >= 15 is 0 Å². The van der Waals surface area contributed by atoms with Gasteiger partial charge in [-0.1, -0.05) is 32.1 Å². The molecule has 0 unspecified atom stereocenters. The molecule has 0 bridgehead atoms. The van der Waals surface area contributed by atoms with E-state index in [-0.39, 0.29) is 0 Å². The molecule has 3 heteroatoms. The summed E-state index contributed by atoms with van der Waals surface area (Å²) in [5.41, 5.74) is 5.50. The monoisotopic (exact) mass is 280 g/mol. The van der Waals surface area contributed by atoms with Gasteiger partial charge in [0.15, 0.2) is 0 Å². The van der Waals surface area contributed by atoms with Crippen molar-refractivity contribution in [2.45, 2.75) is 83.1 Å². The lowest BCUT2D eigenvalue weighted by Gasteiger charge is -2.30. The van der Waals surface area contributed by atoms with Crippen molar-refractivity contribution < 1.29 is 4.79 Å². The number of hydrogen-bond acceptors (Lipinski definition) is 2. The second kappa shape index (κ2) is 8.66. The van der Waals surface area contributed by atoms with E-state index in [1.54, 1.807) is 0 Å². The van der Waals surface area contributed by atoms with Crippen LogP contribution in [0.2, 0.25) is 0 Å². The van der Waals surface area contributed by atoms with E-state index in [0.29, 0.717) is 11.9 Å². The minimum atomic E-state index is 0.422. The molecule has 0 spiro atoms. The van der Waals surface area contributed by atoms with Crippen molar-refractivity contribution in [3.05, 3.63) is 0 Å². The van der Waals surface area contributed by atoms with Gasteiger partial charge >= 0.3 is 0 Å². The number of nitrogens with zero attached hydrogens (tertiary/aromatic N) is 1. The first-order valence-corrected chi connectivity index (χ1v) is 8.81. The summed E-state index contributed by atoms with van der Waals surface area (Å²) in [6.45, 7) is 1.83. The Bertz CT molecular complexity index is 283. The van der Waals surface area contributed by atoms with Crippen molar-refractivity contribution in [2.24, 2.45) is 11.7 Å². The number of hydrogen-bond donors (Lipinski definition) is 1. The zero-order valence-corrected chi connectivity index (χ0v) is 13.0. The van der Waals surface area contributed by atoms with E-state index in [1.165, 1.54) is 51.4 Å². The van der Waals surface area contributed by atoms with E-state index in [0.717, 1.165) is 44.7 Å². The van der Waals surface area contributed by atoms with Gasteiger partial charge < -0.3 is 10.6 Å². The predicted octanol–water partition coefficient (Wildman–Crippen LogP) is 3.47. The average Bonchev–Trinajstić information content (AvgIpc) is 3.30. The standard InChI is InChI=1S/C17H32N2O/c18-13-7-2-1-6-10-17(20)19(16-11-12-16)14-15-8-4-3-5-9-15/h15-16H,1-14,18H2. The fraction of sp³-hybridized carbons (Fsp3) is 0.941. The highest BCUT2D eigenvalue weighted by atomic mass is 16.2. The van der Waals surface area contributed by atoms with Gasteiger partial charge in [-0.25, -0.2) is 0 Å². The van der Waals surface area contributed by atoms with Gasteiger partial charge in [0.1, 0.15) is 0 Å². The number of unbranched alkanes of at least 4 members (excludes halogenated alkanes) is 3. The molecule has 0 atom stereocenters. The van der Waals surface area contributed by atoms with Gasteiger partial charge in [-0.3, -0.25) is 4.79 Å². The maximum Gasteiger partial charge on any atom is 0.222 e. The molecule has 0 aromatic heterocycles. The Morgan fingerprint density at radius 3 is 2.30 bits per heavy atom. The molecule has 0 aliphatic heterocycles. The first-order chi connectivity index (χ1) is 9.81. The van der Waals surface area contributed by atoms with E-state index in [4.69, 9.17) is 5.73 Å². The quantitative estimate of drug-likeness (QED) is 0.657. The zero-order chi connectivity index (χ0) is 14.2. The summed E-state index contributed by atoms with van der Waals surface area (Å²) >= 11 is 0. The van der Waals surface area contributed by atoms with Crippen LogP contribution in [0.15, 0.2) is 0 Å². The highest BCUT2D eigenvalue weighted by Crippen LogP contribution is 2.32. The van der Waals surface area contributed by atoms with Gasteiger partial charge in [0.25, 0.3) is 0 Å². The Labute approximate surface area is 124 Å². The average molecular weight is 280 g/mol. The molecule has 2 aliphatic carbocycles. The molecule has 0 heterocycles. The summed E-state index contributed by atoms with van der Waals surface area (Å²) in [6, 6.07) is 0.591. The van der Waals surface area contributed by atoms with Crippen molar-refractivity contribution in [3.8, 4) is 0 Å². The molecule has 116 valence electrons. The Balaban J connectivity index is 1.68. The van der Waals surface area contributed by atoms with Crippen LogP contribution in [-0.4, -0.2) is 29.9 Å². The van der Waals surface area contributed by atoms with Gasteiger partial charge in [-0.2, -0.15) is 0 Å². The van der Waals surface area contributed by atoms with E-state index in [2.05, 4.69) is 4.90 Å². The number of amides is 1. The second-order valence-corrected chi connectivity index (χ2v) is 6.73. The van der Waals surface area contributed by atoms with E-state index in [1.807, 2.05) is 0 Å². The Hall–Kier alpha value is -0.570. The van der Waals surface area contributed by atoms with Crippen molar-refractivity contribution >= 4 is 5.91 Å². The lowest BCUT2D eigenvalue weighted by Crippen LogP contribution is -2.37. The highest BCUT2D eigenvalue weighted by molar-refractivity contribution is 5.76. The molecule has 1 amide bonds. The lowest BCUT2D eigenvalue weighted by atomic mass is 9.89. The zero-order valence-electron chi connectivity index (χ0n) is 13.0. The smallest absolute Gasteiger partial charge is 0.222 e. The van der Waals surface area contributed by atoms with Gasteiger partial charge in [-0.05, 0) is 51.0 Å². The molecule has 2 saturated carbocycles. The third kappa shape index (κ3) is 5.43. The Morgan fingerprint density at radius 1 is 0.950 bits per heavy atom. The molecular weight excluding hydrogens is 248 g/mol. The summed E-state index contributed by atoms with van der Waals surface area (Å²) in [5, 5.41) is 0. The first-order valence-electron chi connectivity index (χ1n) is 8.81. The molecule has 3 nitrogen and oxygen atoms in total. The first kappa shape index (κ1) is 15.8. The highest BCUT2D eigenvalue weighted by Gasteiger charge is 2.33. The summed E-state index contributed by atoms with van der Waals surface area (Å²) < 4.78 is 0. The fourth-order valence-electron chi connectivity index (χ4n) is 3.41. The fourth-order valence-corrected chi connectivity index (χ4v) is 3.41. The molecular formula is C17H32N2O. The van der Waals surface area contributed by atoms with Crippen molar-refractivity contribution in [3.63, 3.8) is 0 Å². The van der Waals surface area contributed by atoms with Crippen LogP contribution >= 0.6 is 0 Å². The maximum absolute atomic E-state index is 12.4. The number of nitrogens with two attached hydrogens (primary N) is 1. The van der Waals surface area contributed by atoms with E-state index < -0.39 is 0 Å². The topological polar surface area (TPSA) is 46.3 Å². The lowest BCUT2D eigenvalue weighted by molar-refractivity contribution is -0.132. The van der Waals surface area contributed by atoms with Crippen LogP contribution in [0.1, 0.15) is 77.0 Å². The van der Waals surface area contributed by atoms with Gasteiger partial charge in [0, 0.05) is 19.0 Å². The molecule has 2 N–H and O–H groups in total. The number of rotatable bonds is 9. The van der Waals surface area contributed by atoms with Gasteiger partial charge in [0.05, 0.1) is 0 Å². The molecule has 20 heavy (non-hydrogen) atoms. The van der Waals surface area contributed by atoms with Crippen LogP contribution in [0.5, 0.6) is 0 Å². The molecule has 0 aromatic rings. The summed E-state index contributed by atoms with van der Waals surface area (Å²) in [5.74, 6) is 1.20. The minimum absolute atomic E-state index is 0.422. The molecule has 0 aromatic carbocycles. The number of carbonyl (C=O) groups is 1. The van der Waals surface area contributed by atoms with Crippen LogP contribution in [0.25, 0.3) is 0 Å². The van der Waals surface area contributed by atoms with Crippen molar-refractivity contribution in [1.82, 2.24) is 4.90 Å². The normalized spacial score (nSPS) is 20.1. The van der Waals surface area contributed by atoms with Crippen LogP contribution in [0.3, 0.4) is 0 Å². The number of carbonyl (C=O) groups excluding carboxylic acids is 1. The van der Waals surface area contributed by atoms with Crippen LogP contribution in [0.4, 0.5) is 0 Å². The molecule has 0 radical (unpaired) electrons. The summed E-state index contributed by atoms with van der Waals surface area (Å²) in [6.07, 6.45) is 14.5. The Kier molecular flexibility index (Phi) is 6.85. The summed E-state index contributed by atoms with van der Waals surface area (Å²) in [7, 11) is 0. The molecule has 2 rings (SSSR count). The van der Waals surface area contributed by atoms with Crippen molar-refractivity contribution in [1.29, 1.82) is 0 Å². The molecule has 2 fully saturated rings. The predicted molar refractivity (Wildman–Crippen MR) is 83.4 cm³/mol. The third-order valence-electron chi connectivity index (χ3n) is 4.83. The minimum Gasteiger partial charge on any atom is -0.339 e. The van der Waals surface area contributed by atoms with Gasteiger partial charge in [-0.15, -0.1) is 0 Å². The molecule has 2 aliphatic rings. The summed E-state index contributed by atoms with van der Waals surface area (Å²) in [4.78, 5) is 14.7.